The predicted molar refractivity (Wildman–Crippen MR) is 83.6 cm³/mol. The van der Waals surface area contributed by atoms with Crippen LogP contribution in [0.1, 0.15) is 43.0 Å². The van der Waals surface area contributed by atoms with Crippen molar-refractivity contribution < 1.29 is 8.78 Å². The molecule has 3 heteroatoms. The fourth-order valence-electron chi connectivity index (χ4n) is 2.35. The highest BCUT2D eigenvalue weighted by Crippen LogP contribution is 2.26. The quantitative estimate of drug-likeness (QED) is 0.777. The van der Waals surface area contributed by atoms with Gasteiger partial charge in [0.15, 0.2) is 0 Å². The van der Waals surface area contributed by atoms with Crippen molar-refractivity contribution in [2.24, 2.45) is 0 Å². The number of anilines is 1. The molecule has 0 heterocycles. The van der Waals surface area contributed by atoms with Crippen LogP contribution in [0.3, 0.4) is 0 Å². The van der Waals surface area contributed by atoms with E-state index in [1.54, 1.807) is 6.92 Å². The van der Waals surface area contributed by atoms with Crippen LogP contribution in [-0.2, 0) is 6.42 Å². The third-order valence-corrected chi connectivity index (χ3v) is 3.78. The fraction of sp³-hybridized carbons (Fsp3) is 0.333. The van der Waals surface area contributed by atoms with Crippen LogP contribution in [0.2, 0.25) is 0 Å². The summed E-state index contributed by atoms with van der Waals surface area (Å²) in [6.07, 6.45) is 1.78. The van der Waals surface area contributed by atoms with Crippen molar-refractivity contribution in [2.45, 2.75) is 39.7 Å². The standard InChI is InChI=1S/C18H21F2N/c1-4-13-6-8-14(9-7-13)17(5-2)21-18-11-15(19)12(3)10-16(18)20/h6-11,17,21H,4-5H2,1-3H3. The van der Waals surface area contributed by atoms with E-state index < -0.39 is 11.6 Å². The molecule has 0 saturated heterocycles. The third kappa shape index (κ3) is 3.60. The highest BCUT2D eigenvalue weighted by molar-refractivity contribution is 5.49. The second-order valence-electron chi connectivity index (χ2n) is 5.28. The topological polar surface area (TPSA) is 12.0 Å². The van der Waals surface area contributed by atoms with Gasteiger partial charge in [0.2, 0.25) is 0 Å². The molecule has 1 nitrogen and oxygen atoms in total. The molecule has 1 N–H and O–H groups in total. The predicted octanol–water partition coefficient (Wildman–Crippen LogP) is 5.40. The fourth-order valence-corrected chi connectivity index (χ4v) is 2.35. The van der Waals surface area contributed by atoms with Gasteiger partial charge in [0.1, 0.15) is 11.6 Å². The van der Waals surface area contributed by atoms with E-state index in [1.165, 1.54) is 17.7 Å². The Labute approximate surface area is 125 Å². The monoisotopic (exact) mass is 289 g/mol. The van der Waals surface area contributed by atoms with Gasteiger partial charge in [-0.15, -0.1) is 0 Å². The van der Waals surface area contributed by atoms with Gasteiger partial charge in [-0.3, -0.25) is 0 Å². The van der Waals surface area contributed by atoms with Crippen molar-refractivity contribution in [3.63, 3.8) is 0 Å². The summed E-state index contributed by atoms with van der Waals surface area (Å²) in [6, 6.07) is 10.7. The molecular weight excluding hydrogens is 268 g/mol. The van der Waals surface area contributed by atoms with Gasteiger partial charge in [-0.1, -0.05) is 38.1 Å². The van der Waals surface area contributed by atoms with Crippen LogP contribution >= 0.6 is 0 Å². The summed E-state index contributed by atoms with van der Waals surface area (Å²) in [5, 5.41) is 3.10. The van der Waals surface area contributed by atoms with Crippen molar-refractivity contribution in [1.29, 1.82) is 0 Å². The smallest absolute Gasteiger partial charge is 0.146 e. The number of halogens is 2. The van der Waals surface area contributed by atoms with Gasteiger partial charge in [-0.2, -0.15) is 0 Å². The first kappa shape index (κ1) is 15.5. The maximum absolute atomic E-state index is 13.9. The maximum Gasteiger partial charge on any atom is 0.146 e. The lowest BCUT2D eigenvalue weighted by molar-refractivity contribution is 0.591. The number of hydrogen-bond donors (Lipinski definition) is 1. The van der Waals surface area contributed by atoms with Crippen LogP contribution in [0.4, 0.5) is 14.5 Å². The molecule has 2 aromatic rings. The van der Waals surface area contributed by atoms with Crippen molar-refractivity contribution >= 4 is 5.69 Å². The van der Waals surface area contributed by atoms with Gasteiger partial charge in [0.25, 0.3) is 0 Å². The Kier molecular flexibility index (Phi) is 4.94. The number of nitrogens with one attached hydrogen (secondary N) is 1. The zero-order valence-corrected chi connectivity index (χ0v) is 12.7. The number of rotatable bonds is 5. The Bertz CT molecular complexity index is 605. The van der Waals surface area contributed by atoms with Crippen LogP contribution in [0.25, 0.3) is 0 Å². The molecule has 0 aromatic heterocycles. The lowest BCUT2D eigenvalue weighted by atomic mass is 10.0. The van der Waals surface area contributed by atoms with Crippen LogP contribution in [0.5, 0.6) is 0 Å². The molecule has 0 aliphatic heterocycles. The first-order valence-corrected chi connectivity index (χ1v) is 7.36. The Balaban J connectivity index is 2.24. The number of benzene rings is 2. The van der Waals surface area contributed by atoms with Crippen LogP contribution in [0.15, 0.2) is 36.4 Å². The molecule has 0 fully saturated rings. The molecule has 0 aliphatic rings. The molecule has 21 heavy (non-hydrogen) atoms. The SMILES string of the molecule is CCc1ccc(C(CC)Nc2cc(F)c(C)cc2F)cc1. The molecule has 1 unspecified atom stereocenters. The van der Waals surface area contributed by atoms with Crippen LogP contribution < -0.4 is 5.32 Å². The first-order chi connectivity index (χ1) is 10.0. The van der Waals surface area contributed by atoms with E-state index in [9.17, 15) is 8.78 Å². The number of aryl methyl sites for hydroxylation is 2. The average molecular weight is 289 g/mol. The molecule has 0 aliphatic carbocycles. The molecule has 0 amide bonds. The van der Waals surface area contributed by atoms with E-state index in [4.69, 9.17) is 0 Å². The Morgan fingerprint density at radius 1 is 1.00 bits per heavy atom. The second kappa shape index (κ2) is 6.70. The lowest BCUT2D eigenvalue weighted by Crippen LogP contribution is -2.11. The third-order valence-electron chi connectivity index (χ3n) is 3.78. The molecule has 1 atom stereocenters. The maximum atomic E-state index is 13.9. The molecule has 2 aromatic carbocycles. The Morgan fingerprint density at radius 3 is 2.24 bits per heavy atom. The van der Waals surface area contributed by atoms with E-state index in [2.05, 4.69) is 24.4 Å². The zero-order valence-electron chi connectivity index (χ0n) is 12.7. The van der Waals surface area contributed by atoms with E-state index in [1.807, 2.05) is 19.1 Å². The summed E-state index contributed by atoms with van der Waals surface area (Å²) in [6.45, 7) is 5.69. The van der Waals surface area contributed by atoms with Gasteiger partial charge in [-0.25, -0.2) is 8.78 Å². The zero-order chi connectivity index (χ0) is 15.4. The minimum Gasteiger partial charge on any atom is -0.376 e. The molecule has 0 spiro atoms. The van der Waals surface area contributed by atoms with E-state index in [-0.39, 0.29) is 11.7 Å². The molecule has 0 radical (unpaired) electrons. The summed E-state index contributed by atoms with van der Waals surface area (Å²) < 4.78 is 27.5. The second-order valence-corrected chi connectivity index (χ2v) is 5.28. The lowest BCUT2D eigenvalue weighted by Gasteiger charge is -2.20. The van der Waals surface area contributed by atoms with Gasteiger partial charge < -0.3 is 5.32 Å². The van der Waals surface area contributed by atoms with Crippen molar-refractivity contribution in [3.8, 4) is 0 Å². The van der Waals surface area contributed by atoms with Gasteiger partial charge >= 0.3 is 0 Å². The molecule has 0 bridgehead atoms. The highest BCUT2D eigenvalue weighted by atomic mass is 19.1. The van der Waals surface area contributed by atoms with Crippen molar-refractivity contribution in [3.05, 3.63) is 64.7 Å². The van der Waals surface area contributed by atoms with Gasteiger partial charge in [0, 0.05) is 6.07 Å². The van der Waals surface area contributed by atoms with Crippen LogP contribution in [-0.4, -0.2) is 0 Å². The van der Waals surface area contributed by atoms with Gasteiger partial charge in [0.05, 0.1) is 11.7 Å². The summed E-state index contributed by atoms with van der Waals surface area (Å²) in [4.78, 5) is 0. The Hall–Kier alpha value is -1.90. The first-order valence-electron chi connectivity index (χ1n) is 7.36. The van der Waals surface area contributed by atoms with E-state index in [0.29, 0.717) is 5.56 Å². The molecule has 0 saturated carbocycles. The van der Waals surface area contributed by atoms with Crippen LogP contribution in [0, 0.1) is 18.6 Å². The van der Waals surface area contributed by atoms with Crippen molar-refractivity contribution in [1.82, 2.24) is 0 Å². The molecule has 112 valence electrons. The Morgan fingerprint density at radius 2 is 1.67 bits per heavy atom. The van der Waals surface area contributed by atoms with Crippen molar-refractivity contribution in [2.75, 3.05) is 5.32 Å². The normalized spacial score (nSPS) is 12.2. The average Bonchev–Trinajstić information content (AvgIpc) is 2.50. The highest BCUT2D eigenvalue weighted by Gasteiger charge is 2.13. The van der Waals surface area contributed by atoms with E-state index >= 15 is 0 Å². The summed E-state index contributed by atoms with van der Waals surface area (Å²) >= 11 is 0. The largest absolute Gasteiger partial charge is 0.376 e. The van der Waals surface area contributed by atoms with E-state index in [0.717, 1.165) is 18.4 Å². The molecule has 2 rings (SSSR count). The summed E-state index contributed by atoms with van der Waals surface area (Å²) in [5.41, 5.74) is 2.87. The minimum atomic E-state index is -0.419. The molecular formula is C18H21F2N. The van der Waals surface area contributed by atoms with Gasteiger partial charge in [-0.05, 0) is 42.5 Å². The summed E-state index contributed by atoms with van der Waals surface area (Å²) in [7, 11) is 0. The minimum absolute atomic E-state index is 0.0347. The summed E-state index contributed by atoms with van der Waals surface area (Å²) in [5.74, 6) is -0.812. The number of hydrogen-bond acceptors (Lipinski definition) is 1.